The van der Waals surface area contributed by atoms with Crippen molar-refractivity contribution in [1.82, 2.24) is 14.8 Å². The van der Waals surface area contributed by atoms with E-state index in [9.17, 15) is 14.3 Å². The number of ether oxygens (including phenoxy) is 1. The van der Waals surface area contributed by atoms with E-state index in [2.05, 4.69) is 16.5 Å². The van der Waals surface area contributed by atoms with E-state index in [0.29, 0.717) is 21.8 Å². The molecule has 0 spiro atoms. The van der Waals surface area contributed by atoms with E-state index in [-0.39, 0.29) is 29.1 Å². The third-order valence-electron chi connectivity index (χ3n) is 7.95. The van der Waals surface area contributed by atoms with Gasteiger partial charge in [-0.3, -0.25) is 4.79 Å². The molecule has 0 radical (unpaired) electrons. The van der Waals surface area contributed by atoms with Crippen LogP contribution in [0.2, 0.25) is 0 Å². The van der Waals surface area contributed by atoms with Crippen molar-refractivity contribution in [2.24, 2.45) is 0 Å². The van der Waals surface area contributed by atoms with Gasteiger partial charge in [-0.1, -0.05) is 19.1 Å². The number of nitrogens with zero attached hydrogens (tertiary/aromatic N) is 5. The van der Waals surface area contributed by atoms with Crippen LogP contribution >= 0.6 is 11.3 Å². The molecule has 1 unspecified atom stereocenters. The molecule has 5 rings (SSSR count). The van der Waals surface area contributed by atoms with Gasteiger partial charge in [0.25, 0.3) is 12.6 Å². The van der Waals surface area contributed by atoms with E-state index in [1.807, 2.05) is 38.4 Å². The van der Waals surface area contributed by atoms with E-state index in [1.54, 1.807) is 42.1 Å². The van der Waals surface area contributed by atoms with E-state index in [1.165, 1.54) is 29.3 Å². The maximum Gasteiger partial charge on any atom is 0.305 e. The molecule has 13 heteroatoms. The molecule has 0 fully saturated rings. The van der Waals surface area contributed by atoms with Crippen LogP contribution in [0.15, 0.2) is 72.6 Å². The van der Waals surface area contributed by atoms with Crippen molar-refractivity contribution in [2.45, 2.75) is 52.0 Å². The summed E-state index contributed by atoms with van der Waals surface area (Å²) in [7, 11) is 1.83. The standard InChI is InChI=1S/C34H33F2N6O3S.BrH/c1-20-12-26(13-21(2)31(20)38-5)33(45-23(4)43)41-18-39-42(19-41)17-34(44,28-14-27(35)10-11-29(28)36)22(3)32-40-30(16-46-32)25-8-6-24(15-37)7-9-25;/h6-14,16,18-19,22,33,38,44H,17H2,1-5H3;1H/q+1;/p-1/t22-,33?,34+;/m0./s1. The number of aliphatic hydroxyl groups is 1. The summed E-state index contributed by atoms with van der Waals surface area (Å²) in [5.74, 6) is -2.82. The van der Waals surface area contributed by atoms with Gasteiger partial charge in [0, 0.05) is 52.7 Å². The van der Waals surface area contributed by atoms with Crippen LogP contribution in [-0.4, -0.2) is 32.9 Å². The first kappa shape index (κ1) is 35.3. The molecular formula is C34H33BrF2N6O3S. The van der Waals surface area contributed by atoms with Crippen molar-refractivity contribution >= 4 is 23.0 Å². The minimum absolute atomic E-state index is 0. The van der Waals surface area contributed by atoms with Crippen LogP contribution in [-0.2, 0) is 21.7 Å². The fourth-order valence-corrected chi connectivity index (χ4v) is 6.58. The van der Waals surface area contributed by atoms with Gasteiger partial charge in [0.15, 0.2) is 0 Å². The number of aromatic nitrogens is 4. The van der Waals surface area contributed by atoms with E-state index in [0.717, 1.165) is 40.6 Å². The van der Waals surface area contributed by atoms with Gasteiger partial charge in [-0.15, -0.1) is 16.0 Å². The topological polar surface area (TPSA) is 117 Å². The third kappa shape index (κ3) is 7.40. The van der Waals surface area contributed by atoms with E-state index >= 15 is 4.39 Å². The zero-order valence-corrected chi connectivity index (χ0v) is 28.7. The largest absolute Gasteiger partial charge is 1.00 e. The molecule has 3 atom stereocenters. The van der Waals surface area contributed by atoms with Crippen LogP contribution in [0.1, 0.15) is 58.8 Å². The van der Waals surface area contributed by atoms with Gasteiger partial charge in [-0.2, -0.15) is 9.83 Å². The number of benzene rings is 3. The monoisotopic (exact) mass is 722 g/mol. The molecule has 2 aromatic heterocycles. The number of esters is 1. The first-order chi connectivity index (χ1) is 21.9. The minimum atomic E-state index is -2.01. The second kappa shape index (κ2) is 14.5. The van der Waals surface area contributed by atoms with E-state index in [4.69, 9.17) is 15.0 Å². The zero-order valence-electron chi connectivity index (χ0n) is 26.3. The number of carbonyl (C=O) groups is 1. The van der Waals surface area contributed by atoms with Crippen LogP contribution in [0.4, 0.5) is 14.5 Å². The van der Waals surface area contributed by atoms with Crippen molar-refractivity contribution in [3.63, 3.8) is 0 Å². The van der Waals surface area contributed by atoms with Crippen molar-refractivity contribution in [2.75, 3.05) is 12.4 Å². The first-order valence-electron chi connectivity index (χ1n) is 14.5. The Bertz CT molecular complexity index is 1920. The number of carbonyl (C=O) groups excluding carboxylic acids is 1. The molecule has 9 nitrogen and oxygen atoms in total. The van der Waals surface area contributed by atoms with Gasteiger partial charge in [-0.05, 0) is 67.4 Å². The summed E-state index contributed by atoms with van der Waals surface area (Å²) >= 11 is 1.27. The molecule has 0 aliphatic heterocycles. The zero-order chi connectivity index (χ0) is 33.2. The molecule has 0 saturated carbocycles. The number of thiazole rings is 1. The highest BCUT2D eigenvalue weighted by Crippen LogP contribution is 2.41. The second-order valence-corrected chi connectivity index (χ2v) is 12.1. The Morgan fingerprint density at radius 2 is 1.85 bits per heavy atom. The highest BCUT2D eigenvalue weighted by Gasteiger charge is 2.43. The maximum atomic E-state index is 15.4. The van der Waals surface area contributed by atoms with Gasteiger partial charge in [0.05, 0.1) is 22.3 Å². The smallest absolute Gasteiger partial charge is 0.305 e. The highest BCUT2D eigenvalue weighted by molar-refractivity contribution is 7.10. The lowest BCUT2D eigenvalue weighted by Crippen LogP contribution is -3.00. The van der Waals surface area contributed by atoms with Crippen LogP contribution in [0.25, 0.3) is 11.3 Å². The maximum absolute atomic E-state index is 15.4. The SMILES string of the molecule is CNc1c(C)cc(C(OC(C)=O)[n+]2cnn(C[C@](O)(c3cc(F)ccc3F)[C@@H](C)c3nc(-c4ccc(C#N)cc4)cs3)c2)cc1C.[Br-]. The van der Waals surface area contributed by atoms with Crippen molar-refractivity contribution in [1.29, 1.82) is 5.26 Å². The lowest BCUT2D eigenvalue weighted by molar-refractivity contribution is -0.747. The number of anilines is 1. The highest BCUT2D eigenvalue weighted by atomic mass is 79.9. The van der Waals surface area contributed by atoms with Crippen LogP contribution in [0, 0.1) is 36.8 Å². The summed E-state index contributed by atoms with van der Waals surface area (Å²) in [4.78, 5) is 16.9. The molecular weight excluding hydrogens is 690 g/mol. The predicted octanol–water partition coefficient (Wildman–Crippen LogP) is 2.91. The molecule has 0 bridgehead atoms. The summed E-state index contributed by atoms with van der Waals surface area (Å²) in [5.41, 5.74) is 3.22. The summed E-state index contributed by atoms with van der Waals surface area (Å²) < 4.78 is 38.5. The number of hydrogen-bond acceptors (Lipinski definition) is 8. The molecule has 2 N–H and O–H groups in total. The van der Waals surface area contributed by atoms with Gasteiger partial charge in [-0.25, -0.2) is 13.8 Å². The number of nitriles is 1. The molecule has 0 aliphatic rings. The lowest BCUT2D eigenvalue weighted by atomic mass is 9.82. The number of halogens is 3. The summed E-state index contributed by atoms with van der Waals surface area (Å²) in [6, 6.07) is 15.8. The second-order valence-electron chi connectivity index (χ2n) is 11.2. The Morgan fingerprint density at radius 3 is 2.47 bits per heavy atom. The summed E-state index contributed by atoms with van der Waals surface area (Å²) in [6.45, 7) is 6.62. The molecule has 2 heterocycles. The predicted molar refractivity (Wildman–Crippen MR) is 169 cm³/mol. The Morgan fingerprint density at radius 1 is 1.17 bits per heavy atom. The third-order valence-corrected chi connectivity index (χ3v) is 8.98. The van der Waals surface area contributed by atoms with Crippen LogP contribution in [0.5, 0.6) is 0 Å². The van der Waals surface area contributed by atoms with Gasteiger partial charge >= 0.3 is 5.97 Å². The normalized spacial score (nSPS) is 13.5. The Kier molecular flexibility index (Phi) is 10.9. The number of aryl methyl sites for hydroxylation is 2. The Balaban J connectivity index is 0.00000500. The van der Waals surface area contributed by atoms with Gasteiger partial charge in [0.1, 0.15) is 23.8 Å². The molecule has 244 valence electrons. The van der Waals surface area contributed by atoms with E-state index < -0.39 is 35.4 Å². The molecule has 5 aromatic rings. The fourth-order valence-electron chi connectivity index (χ4n) is 5.60. The molecule has 3 aromatic carbocycles. The molecule has 47 heavy (non-hydrogen) atoms. The minimum Gasteiger partial charge on any atom is -1.00 e. The van der Waals surface area contributed by atoms with Crippen LogP contribution in [0.3, 0.4) is 0 Å². The lowest BCUT2D eigenvalue weighted by Gasteiger charge is -2.32. The number of rotatable bonds is 10. The Labute approximate surface area is 285 Å². The van der Waals surface area contributed by atoms with Crippen molar-refractivity contribution in [3.05, 3.63) is 117 Å². The summed E-state index contributed by atoms with van der Waals surface area (Å²) in [6.07, 6.45) is 2.12. The first-order valence-corrected chi connectivity index (χ1v) is 15.3. The Hall–Kier alpha value is -4.51. The number of nitrogens with one attached hydrogen (secondary N) is 1. The quantitative estimate of drug-likeness (QED) is 0.168. The van der Waals surface area contributed by atoms with Gasteiger partial charge < -0.3 is 32.1 Å². The van der Waals surface area contributed by atoms with Crippen molar-refractivity contribution < 1.29 is 45.0 Å². The van der Waals surface area contributed by atoms with Crippen LogP contribution < -0.4 is 26.9 Å². The number of hydrogen-bond donors (Lipinski definition) is 2. The summed E-state index contributed by atoms with van der Waals surface area (Å²) in [5, 5.41) is 31.3. The molecule has 0 amide bonds. The average Bonchev–Trinajstić information content (AvgIpc) is 3.71. The van der Waals surface area contributed by atoms with Gasteiger partial charge in [0.2, 0.25) is 6.33 Å². The fraction of sp³-hybridized carbons (Fsp3) is 0.265. The molecule has 0 aliphatic carbocycles. The average molecular weight is 724 g/mol. The molecule has 0 saturated heterocycles. The van der Waals surface area contributed by atoms with Crippen molar-refractivity contribution in [3.8, 4) is 17.3 Å².